The molecule has 0 saturated heterocycles. The van der Waals surface area contributed by atoms with Gasteiger partial charge in [0.2, 0.25) is 0 Å². The van der Waals surface area contributed by atoms with Crippen LogP contribution in [0, 0.1) is 0 Å². The maximum Gasteiger partial charge on any atom is 0.419 e. The number of hydrogen-bond donors (Lipinski definition) is 3. The Morgan fingerprint density at radius 1 is 1.50 bits per heavy atom. The van der Waals surface area contributed by atoms with Gasteiger partial charge in [-0.2, -0.15) is 13.2 Å². The lowest BCUT2D eigenvalue weighted by atomic mass is 10.3. The Balaban J connectivity index is 4.24. The summed E-state index contributed by atoms with van der Waals surface area (Å²) in [4.78, 5) is 3.57. The molecule has 0 aliphatic rings. The summed E-state index contributed by atoms with van der Waals surface area (Å²) in [6.07, 6.45) is -3.39. The predicted molar refractivity (Wildman–Crippen MR) is 67.1 cm³/mol. The van der Waals surface area contributed by atoms with Gasteiger partial charge in [0.1, 0.15) is 5.82 Å². The van der Waals surface area contributed by atoms with Crippen LogP contribution >= 0.6 is 0 Å². The number of nitrogens with one attached hydrogen (secondary N) is 2. The van der Waals surface area contributed by atoms with Crippen LogP contribution in [0.3, 0.4) is 0 Å². The quantitative estimate of drug-likeness (QED) is 0.611. The third-order valence-corrected chi connectivity index (χ3v) is 2.03. The molecule has 0 saturated carbocycles. The first-order valence-corrected chi connectivity index (χ1v) is 5.50. The molecular formula is C11H19F3N4. The lowest BCUT2D eigenvalue weighted by molar-refractivity contribution is -0.0857. The van der Waals surface area contributed by atoms with E-state index >= 15 is 0 Å². The molecule has 0 spiro atoms. The fraction of sp³-hybridized carbons (Fsp3) is 0.545. The van der Waals surface area contributed by atoms with Crippen molar-refractivity contribution in [3.05, 3.63) is 24.2 Å². The highest BCUT2D eigenvalue weighted by atomic mass is 19.4. The zero-order valence-corrected chi connectivity index (χ0v) is 10.5. The molecule has 1 atom stereocenters. The first kappa shape index (κ1) is 16.5. The fourth-order valence-corrected chi connectivity index (χ4v) is 1.10. The van der Waals surface area contributed by atoms with Gasteiger partial charge in [0, 0.05) is 25.0 Å². The minimum atomic E-state index is -4.50. The van der Waals surface area contributed by atoms with Gasteiger partial charge in [-0.3, -0.25) is 0 Å². The number of allylic oxidation sites excluding steroid dienone is 1. The fourth-order valence-electron chi connectivity index (χ4n) is 1.10. The Bertz CT molecular complexity index is 321. The zero-order valence-electron chi connectivity index (χ0n) is 10.5. The van der Waals surface area contributed by atoms with Crippen molar-refractivity contribution >= 4 is 6.21 Å². The molecule has 4 nitrogen and oxygen atoms in total. The minimum absolute atomic E-state index is 0.156. The van der Waals surface area contributed by atoms with Crippen molar-refractivity contribution in [2.45, 2.75) is 26.1 Å². The molecule has 0 fully saturated rings. The highest BCUT2D eigenvalue weighted by Crippen LogP contribution is 2.23. The summed E-state index contributed by atoms with van der Waals surface area (Å²) in [5.74, 6) is 0.156. The van der Waals surface area contributed by atoms with E-state index in [1.807, 2.05) is 13.8 Å². The predicted octanol–water partition coefficient (Wildman–Crippen LogP) is 1.52. The van der Waals surface area contributed by atoms with Gasteiger partial charge in [-0.15, -0.1) is 0 Å². The second kappa shape index (κ2) is 7.75. The van der Waals surface area contributed by atoms with Crippen molar-refractivity contribution in [3.63, 3.8) is 0 Å². The summed E-state index contributed by atoms with van der Waals surface area (Å²) in [5, 5.41) is 5.94. The summed E-state index contributed by atoms with van der Waals surface area (Å²) in [6.45, 7) is 8.74. The molecule has 0 aliphatic carbocycles. The number of halogens is 3. The van der Waals surface area contributed by atoms with E-state index in [2.05, 4.69) is 22.2 Å². The lowest BCUT2D eigenvalue weighted by Gasteiger charge is -2.13. The van der Waals surface area contributed by atoms with Gasteiger partial charge in [0.15, 0.2) is 0 Å². The summed E-state index contributed by atoms with van der Waals surface area (Å²) in [6, 6.07) is 0.175. The first-order chi connectivity index (χ1) is 8.31. The Labute approximate surface area is 105 Å². The number of nitrogens with zero attached hydrogens (tertiary/aromatic N) is 1. The van der Waals surface area contributed by atoms with Crippen molar-refractivity contribution < 1.29 is 13.2 Å². The van der Waals surface area contributed by atoms with Crippen molar-refractivity contribution in [2.75, 3.05) is 13.1 Å². The Hall–Kier alpha value is -1.50. The first-order valence-electron chi connectivity index (χ1n) is 5.50. The number of likely N-dealkylation sites (N-methyl/N-ethyl adjacent to an activating group) is 1. The van der Waals surface area contributed by atoms with Gasteiger partial charge in [-0.1, -0.05) is 13.5 Å². The third-order valence-electron chi connectivity index (χ3n) is 2.03. The van der Waals surface area contributed by atoms with Crippen molar-refractivity contribution in [1.82, 2.24) is 10.6 Å². The Kier molecular flexibility index (Phi) is 7.11. The Morgan fingerprint density at radius 2 is 2.11 bits per heavy atom. The number of hydrogen-bond acceptors (Lipinski definition) is 4. The van der Waals surface area contributed by atoms with Gasteiger partial charge in [-0.05, 0) is 13.5 Å². The van der Waals surface area contributed by atoms with E-state index in [1.165, 1.54) is 0 Å². The molecule has 0 aromatic rings. The summed E-state index contributed by atoms with van der Waals surface area (Å²) >= 11 is 0. The minimum Gasteiger partial charge on any atom is -0.404 e. The number of rotatable bonds is 7. The van der Waals surface area contributed by atoms with Crippen LogP contribution in [-0.2, 0) is 0 Å². The average molecular weight is 264 g/mol. The zero-order chi connectivity index (χ0) is 14.2. The SMILES string of the molecule is C=C(N=C/C(=C\N)C(F)(F)F)NCC(C)NCC. The normalized spacial score (nSPS) is 14.8. The summed E-state index contributed by atoms with van der Waals surface area (Å²) < 4.78 is 36.9. The largest absolute Gasteiger partial charge is 0.419 e. The number of nitrogens with two attached hydrogens (primary N) is 1. The standard InChI is InChI=1S/C11H19F3N4/c1-4-16-8(2)6-17-9(3)18-7-10(5-15)11(12,13)14/h5,7-8,16-17H,3-4,6,15H2,1-2H3/b10-5+,18-7?. The van der Waals surface area contributed by atoms with E-state index in [9.17, 15) is 13.2 Å². The van der Waals surface area contributed by atoms with Gasteiger partial charge < -0.3 is 16.4 Å². The maximum absolute atomic E-state index is 12.3. The highest BCUT2D eigenvalue weighted by Gasteiger charge is 2.32. The average Bonchev–Trinajstić information content (AvgIpc) is 2.25. The molecule has 104 valence electrons. The van der Waals surface area contributed by atoms with Crippen molar-refractivity contribution in [1.29, 1.82) is 0 Å². The molecule has 0 rings (SSSR count). The molecule has 0 radical (unpaired) electrons. The van der Waals surface area contributed by atoms with Crippen LogP contribution < -0.4 is 16.4 Å². The smallest absolute Gasteiger partial charge is 0.404 e. The summed E-state index contributed by atoms with van der Waals surface area (Å²) in [7, 11) is 0. The second-order valence-electron chi connectivity index (χ2n) is 3.66. The molecule has 0 amide bonds. The monoisotopic (exact) mass is 264 g/mol. The van der Waals surface area contributed by atoms with Crippen LogP contribution in [-0.4, -0.2) is 31.5 Å². The Morgan fingerprint density at radius 3 is 2.56 bits per heavy atom. The van der Waals surface area contributed by atoms with Gasteiger partial charge in [0.05, 0.1) is 5.57 Å². The molecule has 7 heteroatoms. The van der Waals surface area contributed by atoms with Crippen LogP contribution in [0.5, 0.6) is 0 Å². The molecule has 4 N–H and O–H groups in total. The van der Waals surface area contributed by atoms with E-state index < -0.39 is 11.7 Å². The lowest BCUT2D eigenvalue weighted by Crippen LogP contribution is -2.35. The maximum atomic E-state index is 12.3. The molecule has 0 aromatic carbocycles. The molecule has 1 unspecified atom stereocenters. The second-order valence-corrected chi connectivity index (χ2v) is 3.66. The van der Waals surface area contributed by atoms with Crippen molar-refractivity contribution in [2.24, 2.45) is 10.7 Å². The van der Waals surface area contributed by atoms with Gasteiger partial charge >= 0.3 is 6.18 Å². The molecular weight excluding hydrogens is 245 g/mol. The number of aliphatic imine (C=N–C) groups is 1. The molecule has 0 aromatic heterocycles. The van der Waals surface area contributed by atoms with E-state index in [0.717, 1.165) is 6.54 Å². The van der Waals surface area contributed by atoms with Crippen LogP contribution in [0.25, 0.3) is 0 Å². The van der Waals surface area contributed by atoms with Crippen LogP contribution in [0.15, 0.2) is 29.2 Å². The van der Waals surface area contributed by atoms with Crippen LogP contribution in [0.2, 0.25) is 0 Å². The topological polar surface area (TPSA) is 62.4 Å². The molecule has 18 heavy (non-hydrogen) atoms. The van der Waals surface area contributed by atoms with Crippen LogP contribution in [0.4, 0.5) is 13.2 Å². The van der Waals surface area contributed by atoms with E-state index in [-0.39, 0.29) is 11.9 Å². The van der Waals surface area contributed by atoms with E-state index in [4.69, 9.17) is 5.73 Å². The summed E-state index contributed by atoms with van der Waals surface area (Å²) in [5.41, 5.74) is 3.86. The third kappa shape index (κ3) is 6.95. The van der Waals surface area contributed by atoms with Crippen LogP contribution in [0.1, 0.15) is 13.8 Å². The molecule has 0 heterocycles. The van der Waals surface area contributed by atoms with Gasteiger partial charge in [0.25, 0.3) is 0 Å². The highest BCUT2D eigenvalue weighted by molar-refractivity contribution is 5.80. The number of alkyl halides is 3. The van der Waals surface area contributed by atoms with E-state index in [1.54, 1.807) is 0 Å². The van der Waals surface area contributed by atoms with Crippen molar-refractivity contribution in [3.8, 4) is 0 Å². The molecule has 0 aliphatic heterocycles. The van der Waals surface area contributed by atoms with Gasteiger partial charge in [-0.25, -0.2) is 4.99 Å². The van der Waals surface area contributed by atoms with E-state index in [0.29, 0.717) is 19.0 Å². The molecule has 0 bridgehead atoms.